The number of alkyl halides is 22. The van der Waals surface area contributed by atoms with Crippen LogP contribution in [0.2, 0.25) is 0 Å². The minimum absolute atomic E-state index is 1.29. The second-order valence-corrected chi connectivity index (χ2v) is 5.62. The van der Waals surface area contributed by atoms with Crippen LogP contribution in [0.25, 0.3) is 0 Å². The number of hydrogen-bond donors (Lipinski definition) is 0. The van der Waals surface area contributed by atoms with Gasteiger partial charge in [0, 0.05) is 0 Å². The van der Waals surface area contributed by atoms with Crippen LogP contribution in [0.4, 0.5) is 96.6 Å². The van der Waals surface area contributed by atoms with Crippen LogP contribution in [0.15, 0.2) is 0 Å². The summed E-state index contributed by atoms with van der Waals surface area (Å²) in [4.78, 5) is 3.00. The first kappa shape index (κ1) is 34.3. The van der Waals surface area contributed by atoms with Crippen molar-refractivity contribution in [3.8, 4) is 0 Å². The molecule has 0 aliphatic carbocycles. The first-order valence-electron chi connectivity index (χ1n) is 7.05. The van der Waals surface area contributed by atoms with Gasteiger partial charge in [-0.05, 0) is 0 Å². The Morgan fingerprint density at radius 2 is 0.472 bits per heavy atom. The molecule has 0 radical (unpaired) electrons. The van der Waals surface area contributed by atoms with E-state index in [1.54, 1.807) is 0 Å². The van der Waals surface area contributed by atoms with Gasteiger partial charge in [-0.25, -0.2) is 9.47 Å². The predicted octanol–water partition coefficient (Wildman–Crippen LogP) is 6.92. The van der Waals surface area contributed by atoms with Crippen LogP contribution in [0.5, 0.6) is 0 Å². The van der Waals surface area contributed by atoms with Gasteiger partial charge in [-0.2, -0.15) is 106 Å². The predicted molar refractivity (Wildman–Crippen MR) is 56.0 cm³/mol. The molecule has 0 aromatic carbocycles. The average Bonchev–Trinajstić information content (AvgIpc) is 2.55. The number of hydrogen-bond acceptors (Lipinski definition) is 4. The molecule has 218 valence electrons. The van der Waals surface area contributed by atoms with Crippen molar-refractivity contribution in [2.45, 2.75) is 60.8 Å². The summed E-state index contributed by atoms with van der Waals surface area (Å²) in [5.74, 6) is -15.8. The van der Waals surface area contributed by atoms with Gasteiger partial charge in [-0.1, -0.05) is 0 Å². The Labute approximate surface area is 178 Å². The fourth-order valence-electron chi connectivity index (χ4n) is 1.14. The Bertz CT molecular complexity index is 697. The van der Waals surface area contributed by atoms with E-state index in [1.807, 2.05) is 0 Å². The minimum atomic E-state index is -7.89. The Kier molecular flexibility index (Phi) is 8.53. The van der Waals surface area contributed by atoms with Gasteiger partial charge in [-0.15, -0.1) is 0 Å². The van der Waals surface area contributed by atoms with Gasteiger partial charge in [0.1, 0.15) is 0 Å². The van der Waals surface area contributed by atoms with E-state index in [-0.39, 0.29) is 0 Å². The Balaban J connectivity index is 6.46. The van der Waals surface area contributed by atoms with E-state index in [9.17, 15) is 96.6 Å². The third-order valence-corrected chi connectivity index (χ3v) is 2.90. The molecule has 0 aromatic heterocycles. The highest BCUT2D eigenvalue weighted by molar-refractivity contribution is 4.88. The first-order valence-corrected chi connectivity index (χ1v) is 7.05. The second-order valence-electron chi connectivity index (χ2n) is 5.62. The summed E-state index contributed by atoms with van der Waals surface area (Å²) in [5.41, 5.74) is 0. The Morgan fingerprint density at radius 3 is 0.611 bits per heavy atom. The summed E-state index contributed by atoms with van der Waals surface area (Å²) in [7, 11) is 0. The normalized spacial score (nSPS) is 19.2. The molecule has 0 N–H and O–H groups in total. The molecule has 2 unspecified atom stereocenters. The molecule has 4 nitrogen and oxygen atoms in total. The highest BCUT2D eigenvalue weighted by atomic mass is 19.4. The maximum atomic E-state index is 13.5. The first-order chi connectivity index (χ1) is 15.1. The van der Waals surface area contributed by atoms with Gasteiger partial charge in [0.15, 0.2) is 0 Å². The number of rotatable bonds is 9. The molecule has 0 fully saturated rings. The quantitative estimate of drug-likeness (QED) is 0.124. The van der Waals surface area contributed by atoms with E-state index >= 15 is 0 Å². The van der Waals surface area contributed by atoms with Crippen LogP contribution in [0.1, 0.15) is 0 Å². The summed E-state index contributed by atoms with van der Waals surface area (Å²) >= 11 is 0. The molecule has 0 aliphatic rings. The lowest BCUT2D eigenvalue weighted by atomic mass is 10.3. The Morgan fingerprint density at radius 1 is 0.278 bits per heavy atom. The second kappa shape index (κ2) is 8.95. The fraction of sp³-hybridized carbons (Fsp3) is 1.00. The summed E-state index contributed by atoms with van der Waals surface area (Å²) in [6.07, 6.45) is -46.6. The molecule has 0 aromatic rings. The molecule has 0 aliphatic heterocycles. The van der Waals surface area contributed by atoms with Crippen LogP contribution in [-0.2, 0) is 19.2 Å². The van der Waals surface area contributed by atoms with E-state index < -0.39 is 60.8 Å². The van der Waals surface area contributed by atoms with E-state index in [0.717, 1.165) is 0 Å². The molecular formula is C10F22O4. The zero-order valence-electron chi connectivity index (χ0n) is 14.9. The van der Waals surface area contributed by atoms with Gasteiger partial charge in [0.25, 0.3) is 0 Å². The maximum absolute atomic E-state index is 13.5. The topological polar surface area (TPSA) is 36.9 Å². The maximum Gasteiger partial charge on any atom is 0.480 e. The summed E-state index contributed by atoms with van der Waals surface area (Å²) in [6, 6.07) is -15.3. The van der Waals surface area contributed by atoms with E-state index in [2.05, 4.69) is 0 Å². The summed E-state index contributed by atoms with van der Waals surface area (Å²) < 4.78 is 277. The standard InChI is InChI=1S/C10F22O4/c11-1(12,3(15,16)17)7(27,28)33-9(31,5(21,22)23)35-36-10(32,6(24,25)26)34-8(29,30)2(13,14)4(18,19)20. The van der Waals surface area contributed by atoms with Gasteiger partial charge in [-0.3, -0.25) is 0 Å². The monoisotopic (exact) mass is 602 g/mol. The van der Waals surface area contributed by atoms with Crippen molar-refractivity contribution in [2.24, 2.45) is 0 Å². The van der Waals surface area contributed by atoms with Crippen molar-refractivity contribution in [3.05, 3.63) is 0 Å². The van der Waals surface area contributed by atoms with Gasteiger partial charge in [0.2, 0.25) is 0 Å². The molecule has 2 atom stereocenters. The highest BCUT2D eigenvalue weighted by Gasteiger charge is 2.82. The van der Waals surface area contributed by atoms with E-state index in [4.69, 9.17) is 0 Å². The molecule has 0 amide bonds. The average molecular weight is 602 g/mol. The zero-order valence-corrected chi connectivity index (χ0v) is 14.9. The highest BCUT2D eigenvalue weighted by Crippen LogP contribution is 2.54. The fourth-order valence-corrected chi connectivity index (χ4v) is 1.14. The van der Waals surface area contributed by atoms with Crippen LogP contribution in [-0.4, -0.2) is 60.8 Å². The van der Waals surface area contributed by atoms with Crippen molar-refractivity contribution in [1.29, 1.82) is 0 Å². The molecule has 0 heterocycles. The van der Waals surface area contributed by atoms with Crippen LogP contribution >= 0.6 is 0 Å². The number of halogens is 22. The summed E-state index contributed by atoms with van der Waals surface area (Å²) in [5, 5.41) is 0. The van der Waals surface area contributed by atoms with Crippen LogP contribution in [0.3, 0.4) is 0 Å². The van der Waals surface area contributed by atoms with Crippen molar-refractivity contribution < 1.29 is 116 Å². The third kappa shape index (κ3) is 6.22. The molecule has 26 heteroatoms. The molecule has 0 saturated heterocycles. The molecule has 0 spiro atoms. The lowest BCUT2D eigenvalue weighted by Gasteiger charge is -2.36. The zero-order chi connectivity index (χ0) is 29.8. The third-order valence-electron chi connectivity index (χ3n) is 2.90. The van der Waals surface area contributed by atoms with Crippen LogP contribution in [0, 0.1) is 0 Å². The molecule has 0 bridgehead atoms. The van der Waals surface area contributed by atoms with Gasteiger partial charge < -0.3 is 0 Å². The smallest absolute Gasteiger partial charge is 0.244 e. The van der Waals surface area contributed by atoms with Crippen molar-refractivity contribution in [3.63, 3.8) is 0 Å². The van der Waals surface area contributed by atoms with Crippen molar-refractivity contribution in [1.82, 2.24) is 0 Å². The van der Waals surface area contributed by atoms with Crippen LogP contribution < -0.4 is 0 Å². The lowest BCUT2D eigenvalue weighted by molar-refractivity contribution is -0.655. The summed E-state index contributed by atoms with van der Waals surface area (Å²) in [6.45, 7) is 0. The van der Waals surface area contributed by atoms with Gasteiger partial charge >= 0.3 is 60.8 Å². The van der Waals surface area contributed by atoms with Gasteiger partial charge in [0.05, 0.1) is 0 Å². The van der Waals surface area contributed by atoms with E-state index in [1.165, 1.54) is 19.2 Å². The molecular weight excluding hydrogens is 602 g/mol. The SMILES string of the molecule is FC(F)(F)C(F)(OOC(F)(OC(F)(F)C(F)(F)C(F)(F)F)C(F)(F)F)OC(F)(F)C(F)(F)C(F)(F)F. The van der Waals surface area contributed by atoms with Crippen molar-refractivity contribution >= 4 is 0 Å². The van der Waals surface area contributed by atoms with E-state index in [0.29, 0.717) is 0 Å². The molecule has 0 saturated carbocycles. The molecule has 0 rings (SSSR count). The lowest BCUT2D eigenvalue weighted by Crippen LogP contribution is -2.62. The molecule has 36 heavy (non-hydrogen) atoms. The Hall–Kier alpha value is -1.70. The minimum Gasteiger partial charge on any atom is -0.244 e. The number of ether oxygens (including phenoxy) is 2. The van der Waals surface area contributed by atoms with Crippen molar-refractivity contribution in [2.75, 3.05) is 0 Å². The largest absolute Gasteiger partial charge is 0.480 e.